The number of hydrogen-bond acceptors (Lipinski definition) is 6. The highest BCUT2D eigenvalue weighted by Gasteiger charge is 2.23. The van der Waals surface area contributed by atoms with Crippen molar-refractivity contribution in [1.29, 1.82) is 5.26 Å². The Hall–Kier alpha value is -2.20. The number of rotatable bonds is 5. The molecule has 0 aromatic carbocycles. The van der Waals surface area contributed by atoms with Crippen molar-refractivity contribution in [2.75, 3.05) is 31.1 Å². The molecule has 0 N–H and O–H groups in total. The Balaban J connectivity index is 1.94. The van der Waals surface area contributed by atoms with E-state index in [0.717, 1.165) is 44.8 Å². The van der Waals surface area contributed by atoms with Crippen molar-refractivity contribution in [3.63, 3.8) is 0 Å². The zero-order valence-electron chi connectivity index (χ0n) is 12.1. The molecule has 2 heterocycles. The molecule has 0 bridgehead atoms. The quantitative estimate of drug-likeness (QED) is 0.607. The highest BCUT2D eigenvalue weighted by Crippen LogP contribution is 2.18. The fraction of sp³-hybridized carbons (Fsp3) is 0.571. The number of nitro groups is 1. The van der Waals surface area contributed by atoms with Crippen LogP contribution in [0.15, 0.2) is 18.3 Å². The normalized spacial score (nSPS) is 17.2. The van der Waals surface area contributed by atoms with E-state index in [1.807, 2.05) is 0 Å². The largest absolute Gasteiger partial charge is 0.354 e. The van der Waals surface area contributed by atoms with Crippen LogP contribution in [-0.2, 0) is 0 Å². The molecule has 21 heavy (non-hydrogen) atoms. The van der Waals surface area contributed by atoms with Crippen molar-refractivity contribution in [1.82, 2.24) is 9.88 Å². The van der Waals surface area contributed by atoms with E-state index in [9.17, 15) is 15.4 Å². The molecule has 1 aliphatic rings. The molecule has 0 spiro atoms. The third-order valence-electron chi connectivity index (χ3n) is 3.73. The molecule has 1 saturated heterocycles. The van der Waals surface area contributed by atoms with Crippen molar-refractivity contribution in [2.24, 2.45) is 0 Å². The molecule has 2 rings (SSSR count). The molecular formula is C14H19N5O2. The van der Waals surface area contributed by atoms with E-state index in [4.69, 9.17) is 0 Å². The summed E-state index contributed by atoms with van der Waals surface area (Å²) >= 11 is 0. The van der Waals surface area contributed by atoms with Crippen molar-refractivity contribution < 1.29 is 4.92 Å². The summed E-state index contributed by atoms with van der Waals surface area (Å²) in [6, 6.07) is 5.51. The van der Waals surface area contributed by atoms with Gasteiger partial charge in [-0.3, -0.25) is 15.0 Å². The van der Waals surface area contributed by atoms with Crippen molar-refractivity contribution in [3.8, 4) is 6.07 Å². The fourth-order valence-electron chi connectivity index (χ4n) is 2.54. The van der Waals surface area contributed by atoms with Gasteiger partial charge in [-0.2, -0.15) is 5.26 Å². The fourth-order valence-corrected chi connectivity index (χ4v) is 2.54. The average molecular weight is 289 g/mol. The molecule has 7 nitrogen and oxygen atoms in total. The van der Waals surface area contributed by atoms with Crippen molar-refractivity contribution in [2.45, 2.75) is 25.8 Å². The lowest BCUT2D eigenvalue weighted by molar-refractivity contribution is -0.385. The Morgan fingerprint density at radius 2 is 2.14 bits per heavy atom. The van der Waals surface area contributed by atoms with Gasteiger partial charge in [0, 0.05) is 32.2 Å². The van der Waals surface area contributed by atoms with Crippen molar-refractivity contribution >= 4 is 11.5 Å². The molecular weight excluding hydrogens is 270 g/mol. The summed E-state index contributed by atoms with van der Waals surface area (Å²) in [4.78, 5) is 18.6. The van der Waals surface area contributed by atoms with Gasteiger partial charge in [0.05, 0.1) is 17.0 Å². The zero-order chi connectivity index (χ0) is 15.2. The minimum atomic E-state index is -0.447. The van der Waals surface area contributed by atoms with Gasteiger partial charge in [0.25, 0.3) is 5.69 Å². The van der Waals surface area contributed by atoms with Gasteiger partial charge in [-0.1, -0.05) is 13.3 Å². The number of piperazine rings is 1. The first-order valence-electron chi connectivity index (χ1n) is 7.14. The Morgan fingerprint density at radius 1 is 1.43 bits per heavy atom. The summed E-state index contributed by atoms with van der Waals surface area (Å²) < 4.78 is 0. The van der Waals surface area contributed by atoms with Gasteiger partial charge in [0.1, 0.15) is 12.0 Å². The van der Waals surface area contributed by atoms with Crippen LogP contribution in [0.4, 0.5) is 11.5 Å². The second-order valence-corrected chi connectivity index (χ2v) is 5.09. The molecule has 0 aliphatic carbocycles. The number of nitrogens with zero attached hydrogens (tertiary/aromatic N) is 5. The molecule has 0 radical (unpaired) electrons. The number of aromatic nitrogens is 1. The van der Waals surface area contributed by atoms with Gasteiger partial charge in [0.2, 0.25) is 0 Å². The van der Waals surface area contributed by atoms with Gasteiger partial charge >= 0.3 is 0 Å². The lowest BCUT2D eigenvalue weighted by Crippen LogP contribution is -2.50. The first kappa shape index (κ1) is 15.2. The zero-order valence-corrected chi connectivity index (χ0v) is 12.1. The van der Waals surface area contributed by atoms with E-state index in [1.165, 1.54) is 12.3 Å². The predicted octanol–water partition coefficient (Wildman–Crippen LogP) is 1.80. The smallest absolute Gasteiger partial charge is 0.287 e. The molecule has 1 unspecified atom stereocenters. The maximum absolute atomic E-state index is 10.6. The third-order valence-corrected chi connectivity index (χ3v) is 3.73. The summed E-state index contributed by atoms with van der Waals surface area (Å²) in [6.07, 6.45) is 3.19. The number of hydrogen-bond donors (Lipinski definition) is 0. The van der Waals surface area contributed by atoms with Gasteiger partial charge in [-0.15, -0.1) is 0 Å². The summed E-state index contributed by atoms with van der Waals surface area (Å²) in [6.45, 7) is 5.29. The molecule has 1 aromatic heterocycles. The molecule has 1 aliphatic heterocycles. The van der Waals surface area contributed by atoms with E-state index in [1.54, 1.807) is 6.07 Å². The van der Waals surface area contributed by atoms with Crippen LogP contribution in [0.1, 0.15) is 19.8 Å². The number of pyridine rings is 1. The monoisotopic (exact) mass is 289 g/mol. The first-order chi connectivity index (χ1) is 10.2. The topological polar surface area (TPSA) is 86.3 Å². The highest BCUT2D eigenvalue weighted by molar-refractivity contribution is 5.43. The predicted molar refractivity (Wildman–Crippen MR) is 79.0 cm³/mol. The average Bonchev–Trinajstić information content (AvgIpc) is 2.53. The molecule has 7 heteroatoms. The van der Waals surface area contributed by atoms with Gasteiger partial charge in [0.15, 0.2) is 0 Å². The second kappa shape index (κ2) is 6.99. The van der Waals surface area contributed by atoms with E-state index in [0.29, 0.717) is 0 Å². The van der Waals surface area contributed by atoms with Crippen LogP contribution in [-0.4, -0.2) is 47.0 Å². The van der Waals surface area contributed by atoms with Crippen LogP contribution in [0.25, 0.3) is 0 Å². The maximum atomic E-state index is 10.6. The molecule has 112 valence electrons. The van der Waals surface area contributed by atoms with E-state index >= 15 is 0 Å². The Labute approximate surface area is 123 Å². The first-order valence-corrected chi connectivity index (χ1v) is 7.14. The van der Waals surface area contributed by atoms with Crippen LogP contribution in [0.3, 0.4) is 0 Å². The van der Waals surface area contributed by atoms with E-state index in [-0.39, 0.29) is 11.7 Å². The number of anilines is 1. The SMILES string of the molecule is CCCC(C#N)N1CCN(c2ccc([N+](=O)[O-])cn2)CC1. The van der Waals surface area contributed by atoms with Gasteiger partial charge in [-0.25, -0.2) is 4.98 Å². The lowest BCUT2D eigenvalue weighted by atomic mass is 10.1. The number of nitriles is 1. The third kappa shape index (κ3) is 3.67. The lowest BCUT2D eigenvalue weighted by Gasteiger charge is -2.37. The minimum absolute atomic E-state index is 0.00452. The summed E-state index contributed by atoms with van der Waals surface area (Å²) in [7, 11) is 0. The summed E-state index contributed by atoms with van der Waals surface area (Å²) in [5.41, 5.74) is 0.00452. The molecule has 1 fully saturated rings. The van der Waals surface area contributed by atoms with Crippen molar-refractivity contribution in [3.05, 3.63) is 28.4 Å². The molecule has 0 saturated carbocycles. The van der Waals surface area contributed by atoms with Gasteiger partial charge < -0.3 is 4.90 Å². The molecule has 1 aromatic rings. The maximum Gasteiger partial charge on any atom is 0.287 e. The molecule has 1 atom stereocenters. The second-order valence-electron chi connectivity index (χ2n) is 5.09. The summed E-state index contributed by atoms with van der Waals surface area (Å²) in [5.74, 6) is 0.754. The van der Waals surface area contributed by atoms with E-state index in [2.05, 4.69) is 27.8 Å². The molecule has 0 amide bonds. The Bertz CT molecular complexity index is 517. The summed E-state index contributed by atoms with van der Waals surface area (Å²) in [5, 5.41) is 19.8. The van der Waals surface area contributed by atoms with Crippen LogP contribution < -0.4 is 4.90 Å². The minimum Gasteiger partial charge on any atom is -0.354 e. The van der Waals surface area contributed by atoms with Crippen LogP contribution in [0.2, 0.25) is 0 Å². The van der Waals surface area contributed by atoms with Gasteiger partial charge in [-0.05, 0) is 12.5 Å². The van der Waals surface area contributed by atoms with Crippen LogP contribution >= 0.6 is 0 Å². The highest BCUT2D eigenvalue weighted by atomic mass is 16.6. The van der Waals surface area contributed by atoms with E-state index < -0.39 is 4.92 Å². The van der Waals surface area contributed by atoms with Crippen LogP contribution in [0, 0.1) is 21.4 Å². The Morgan fingerprint density at radius 3 is 2.62 bits per heavy atom. The standard InChI is InChI=1S/C14H19N5O2/c1-2-3-12(10-15)17-6-8-18(9-7-17)14-5-4-13(11-16-14)19(20)21/h4-5,11-12H,2-3,6-9H2,1H3. The Kier molecular flexibility index (Phi) is 5.06. The van der Waals surface area contributed by atoms with Crippen LogP contribution in [0.5, 0.6) is 0 Å².